The minimum Gasteiger partial charge on any atom is -0.496 e. The SMILES string of the molecule is COC(=O)C(CC1CCCCC1)NC(=O)c1cc2c(OC)cccc2[nH]1. The molecule has 1 saturated carbocycles. The minimum atomic E-state index is -0.621. The molecule has 26 heavy (non-hydrogen) atoms. The van der Waals surface area contributed by atoms with Gasteiger partial charge >= 0.3 is 5.97 Å². The van der Waals surface area contributed by atoms with Gasteiger partial charge in [-0.05, 0) is 30.5 Å². The molecule has 3 rings (SSSR count). The highest BCUT2D eigenvalue weighted by Gasteiger charge is 2.27. The van der Waals surface area contributed by atoms with Crippen LogP contribution in [0.5, 0.6) is 5.75 Å². The summed E-state index contributed by atoms with van der Waals surface area (Å²) in [6.45, 7) is 0. The van der Waals surface area contributed by atoms with Crippen molar-refractivity contribution in [2.24, 2.45) is 5.92 Å². The van der Waals surface area contributed by atoms with Gasteiger partial charge in [0, 0.05) is 10.9 Å². The number of hydrogen-bond acceptors (Lipinski definition) is 4. The number of rotatable bonds is 6. The fourth-order valence-electron chi connectivity index (χ4n) is 3.78. The number of nitrogens with one attached hydrogen (secondary N) is 2. The second-order valence-electron chi connectivity index (χ2n) is 6.89. The Morgan fingerprint density at radius 2 is 2.00 bits per heavy atom. The van der Waals surface area contributed by atoms with Gasteiger partial charge in [-0.1, -0.05) is 38.2 Å². The van der Waals surface area contributed by atoms with Gasteiger partial charge in [0.05, 0.1) is 14.2 Å². The molecule has 6 heteroatoms. The molecule has 2 N–H and O–H groups in total. The molecule has 0 bridgehead atoms. The van der Waals surface area contributed by atoms with Crippen molar-refractivity contribution in [3.05, 3.63) is 30.0 Å². The predicted octanol–water partition coefficient (Wildman–Crippen LogP) is 3.42. The molecule has 1 amide bonds. The van der Waals surface area contributed by atoms with Crippen molar-refractivity contribution in [3.63, 3.8) is 0 Å². The number of aromatic nitrogens is 1. The molecular formula is C20H26N2O4. The van der Waals surface area contributed by atoms with Crippen LogP contribution in [0, 0.1) is 5.92 Å². The summed E-state index contributed by atoms with van der Waals surface area (Å²) >= 11 is 0. The molecule has 0 spiro atoms. The van der Waals surface area contributed by atoms with E-state index in [1.165, 1.54) is 26.4 Å². The molecule has 0 radical (unpaired) electrons. The number of esters is 1. The Balaban J connectivity index is 1.75. The van der Waals surface area contributed by atoms with E-state index in [1.54, 1.807) is 13.2 Å². The van der Waals surface area contributed by atoms with Gasteiger partial charge < -0.3 is 19.8 Å². The fourth-order valence-corrected chi connectivity index (χ4v) is 3.78. The Hall–Kier alpha value is -2.50. The van der Waals surface area contributed by atoms with E-state index in [4.69, 9.17) is 9.47 Å². The second-order valence-corrected chi connectivity index (χ2v) is 6.89. The largest absolute Gasteiger partial charge is 0.496 e. The number of ether oxygens (including phenoxy) is 2. The first kappa shape index (κ1) is 18.3. The van der Waals surface area contributed by atoms with Gasteiger partial charge in [-0.2, -0.15) is 0 Å². The number of H-pyrrole nitrogens is 1. The Morgan fingerprint density at radius 3 is 2.69 bits per heavy atom. The maximum absolute atomic E-state index is 12.7. The average molecular weight is 358 g/mol. The van der Waals surface area contributed by atoms with Crippen molar-refractivity contribution in [1.82, 2.24) is 10.3 Å². The molecular weight excluding hydrogens is 332 g/mol. The molecule has 1 aromatic heterocycles. The number of carbonyl (C=O) groups excluding carboxylic acids is 2. The van der Waals surface area contributed by atoms with Crippen LogP contribution in [0.25, 0.3) is 10.9 Å². The summed E-state index contributed by atoms with van der Waals surface area (Å²) in [5.74, 6) is 0.451. The monoisotopic (exact) mass is 358 g/mol. The molecule has 1 aliphatic carbocycles. The third kappa shape index (κ3) is 4.00. The van der Waals surface area contributed by atoms with E-state index in [-0.39, 0.29) is 5.91 Å². The Morgan fingerprint density at radius 1 is 1.23 bits per heavy atom. The second kappa shape index (κ2) is 8.25. The van der Waals surface area contributed by atoms with E-state index in [9.17, 15) is 9.59 Å². The highest BCUT2D eigenvalue weighted by molar-refractivity contribution is 6.01. The van der Waals surface area contributed by atoms with Crippen LogP contribution >= 0.6 is 0 Å². The van der Waals surface area contributed by atoms with Crippen molar-refractivity contribution < 1.29 is 19.1 Å². The number of hydrogen-bond donors (Lipinski definition) is 2. The molecule has 1 unspecified atom stereocenters. The van der Waals surface area contributed by atoms with Gasteiger partial charge in [0.2, 0.25) is 0 Å². The summed E-state index contributed by atoms with van der Waals surface area (Å²) in [6, 6.07) is 6.72. The van der Waals surface area contributed by atoms with Crippen LogP contribution < -0.4 is 10.1 Å². The topological polar surface area (TPSA) is 80.4 Å². The van der Waals surface area contributed by atoms with Crippen LogP contribution in [0.1, 0.15) is 49.0 Å². The predicted molar refractivity (Wildman–Crippen MR) is 99.3 cm³/mol. The standard InChI is InChI=1S/C20H26N2O4/c1-25-18-10-6-9-15-14(18)12-16(21-15)19(23)22-17(20(24)26-2)11-13-7-4-3-5-8-13/h6,9-10,12-13,17,21H,3-5,7-8,11H2,1-2H3,(H,22,23). The van der Waals surface area contributed by atoms with Crippen LogP contribution in [0.3, 0.4) is 0 Å². The average Bonchev–Trinajstić information content (AvgIpc) is 3.12. The van der Waals surface area contributed by atoms with Gasteiger partial charge in [0.25, 0.3) is 5.91 Å². The molecule has 1 aliphatic rings. The van der Waals surface area contributed by atoms with Gasteiger partial charge in [-0.15, -0.1) is 0 Å². The zero-order valence-corrected chi connectivity index (χ0v) is 15.3. The van der Waals surface area contributed by atoms with Gasteiger partial charge in [0.1, 0.15) is 17.5 Å². The van der Waals surface area contributed by atoms with Crippen molar-refractivity contribution in [2.75, 3.05) is 14.2 Å². The van der Waals surface area contributed by atoms with Crippen LogP contribution in [0.15, 0.2) is 24.3 Å². The molecule has 1 heterocycles. The van der Waals surface area contributed by atoms with Crippen molar-refractivity contribution in [3.8, 4) is 5.75 Å². The quantitative estimate of drug-likeness (QED) is 0.776. The Labute approximate surface area is 153 Å². The maximum atomic E-state index is 12.7. The number of fused-ring (bicyclic) bond motifs is 1. The first-order valence-electron chi connectivity index (χ1n) is 9.16. The molecule has 0 saturated heterocycles. The summed E-state index contributed by atoms with van der Waals surface area (Å²) in [4.78, 5) is 27.9. The summed E-state index contributed by atoms with van der Waals surface area (Å²) in [7, 11) is 2.95. The van der Waals surface area contributed by atoms with Crippen LogP contribution in [0.2, 0.25) is 0 Å². The molecule has 140 valence electrons. The lowest BCUT2D eigenvalue weighted by molar-refractivity contribution is -0.143. The van der Waals surface area contributed by atoms with Crippen LogP contribution in [-0.4, -0.2) is 37.1 Å². The number of benzene rings is 1. The van der Waals surface area contributed by atoms with Gasteiger partial charge in [-0.3, -0.25) is 4.79 Å². The van der Waals surface area contributed by atoms with Crippen molar-refractivity contribution >= 4 is 22.8 Å². The fraction of sp³-hybridized carbons (Fsp3) is 0.500. The Bertz CT molecular complexity index is 777. The Kier molecular flexibility index (Phi) is 5.81. The summed E-state index contributed by atoms with van der Waals surface area (Å²) in [6.07, 6.45) is 6.47. The van der Waals surface area contributed by atoms with E-state index in [0.717, 1.165) is 23.7 Å². The number of aromatic amines is 1. The third-order valence-corrected chi connectivity index (χ3v) is 5.17. The lowest BCUT2D eigenvalue weighted by Crippen LogP contribution is -2.43. The molecule has 1 fully saturated rings. The zero-order valence-electron chi connectivity index (χ0n) is 15.3. The lowest BCUT2D eigenvalue weighted by atomic mass is 9.85. The number of amides is 1. The summed E-state index contributed by atoms with van der Waals surface area (Å²) in [5.41, 5.74) is 1.22. The number of carbonyl (C=O) groups is 2. The molecule has 1 atom stereocenters. The van der Waals surface area contributed by atoms with E-state index in [1.807, 2.05) is 18.2 Å². The normalized spacial score (nSPS) is 16.2. The van der Waals surface area contributed by atoms with Gasteiger partial charge in [0.15, 0.2) is 0 Å². The summed E-state index contributed by atoms with van der Waals surface area (Å²) in [5, 5.41) is 3.68. The molecule has 0 aliphatic heterocycles. The molecule has 6 nitrogen and oxygen atoms in total. The maximum Gasteiger partial charge on any atom is 0.328 e. The van der Waals surface area contributed by atoms with Crippen molar-refractivity contribution in [2.45, 2.75) is 44.6 Å². The smallest absolute Gasteiger partial charge is 0.328 e. The van der Waals surface area contributed by atoms with Crippen LogP contribution in [-0.2, 0) is 9.53 Å². The third-order valence-electron chi connectivity index (χ3n) is 5.17. The minimum absolute atomic E-state index is 0.311. The van der Waals surface area contributed by atoms with Gasteiger partial charge in [-0.25, -0.2) is 4.79 Å². The van der Waals surface area contributed by atoms with E-state index >= 15 is 0 Å². The highest BCUT2D eigenvalue weighted by atomic mass is 16.5. The van der Waals surface area contributed by atoms with E-state index in [0.29, 0.717) is 23.8 Å². The zero-order chi connectivity index (χ0) is 18.5. The van der Waals surface area contributed by atoms with Crippen molar-refractivity contribution in [1.29, 1.82) is 0 Å². The van der Waals surface area contributed by atoms with E-state index < -0.39 is 12.0 Å². The highest BCUT2D eigenvalue weighted by Crippen LogP contribution is 2.28. The summed E-state index contributed by atoms with van der Waals surface area (Å²) < 4.78 is 10.2. The number of methoxy groups -OCH3 is 2. The molecule has 1 aromatic carbocycles. The first-order chi connectivity index (χ1) is 12.6. The molecule has 2 aromatic rings. The van der Waals surface area contributed by atoms with Crippen LogP contribution in [0.4, 0.5) is 0 Å². The van der Waals surface area contributed by atoms with E-state index in [2.05, 4.69) is 10.3 Å². The first-order valence-corrected chi connectivity index (χ1v) is 9.16. The lowest BCUT2D eigenvalue weighted by Gasteiger charge is -2.25.